The maximum Gasteiger partial charge on any atom is 0.261 e. The van der Waals surface area contributed by atoms with Gasteiger partial charge in [0.2, 0.25) is 0 Å². The maximum atomic E-state index is 13.8. The van der Waals surface area contributed by atoms with E-state index in [0.717, 1.165) is 0 Å². The van der Waals surface area contributed by atoms with Gasteiger partial charge in [-0.15, -0.1) is 0 Å². The third-order valence-corrected chi connectivity index (χ3v) is 4.27. The standard InChI is InChI=1S/C18H15FN2O3/c1-11(16-9-23-14-7-2-3-8-15(14)24-16)21-10-20-17-12(18(21)22)5-4-6-13(17)19/h2-8,10-11,16H,9H2,1H3/t11-,16+/m1/s1. The zero-order chi connectivity index (χ0) is 16.7. The van der Waals surface area contributed by atoms with Crippen molar-refractivity contribution in [3.8, 4) is 11.5 Å². The number of ether oxygens (including phenoxy) is 2. The highest BCUT2D eigenvalue weighted by Gasteiger charge is 2.28. The summed E-state index contributed by atoms with van der Waals surface area (Å²) in [6.07, 6.45) is 1.02. The van der Waals surface area contributed by atoms with Gasteiger partial charge in [-0.25, -0.2) is 9.37 Å². The molecule has 0 radical (unpaired) electrons. The predicted molar refractivity (Wildman–Crippen MR) is 87.0 cm³/mol. The molecule has 0 N–H and O–H groups in total. The highest BCUT2D eigenvalue weighted by molar-refractivity contribution is 5.77. The van der Waals surface area contributed by atoms with Crippen LogP contribution < -0.4 is 15.0 Å². The second kappa shape index (κ2) is 5.63. The Labute approximate surface area is 137 Å². The second-order valence-electron chi connectivity index (χ2n) is 5.75. The molecule has 2 heterocycles. The Morgan fingerprint density at radius 2 is 2.00 bits per heavy atom. The highest BCUT2D eigenvalue weighted by atomic mass is 19.1. The average molecular weight is 326 g/mol. The van der Waals surface area contributed by atoms with Crippen LogP contribution in [0.5, 0.6) is 11.5 Å². The van der Waals surface area contributed by atoms with Crippen LogP contribution in [-0.4, -0.2) is 22.3 Å². The zero-order valence-electron chi connectivity index (χ0n) is 13.0. The SMILES string of the molecule is C[C@H]([C@@H]1COc2ccccc2O1)n1cnc2c(F)cccc2c1=O. The summed E-state index contributed by atoms with van der Waals surface area (Å²) in [5.41, 5.74) is -0.216. The van der Waals surface area contributed by atoms with Gasteiger partial charge in [0, 0.05) is 0 Å². The first-order valence-corrected chi connectivity index (χ1v) is 7.69. The Morgan fingerprint density at radius 1 is 1.21 bits per heavy atom. The summed E-state index contributed by atoms with van der Waals surface area (Å²) in [6, 6.07) is 11.5. The maximum absolute atomic E-state index is 13.8. The molecule has 0 unspecified atom stereocenters. The number of rotatable bonds is 2. The molecule has 122 valence electrons. The molecule has 6 heteroatoms. The molecule has 1 aliphatic heterocycles. The van der Waals surface area contributed by atoms with Gasteiger partial charge in [0.05, 0.1) is 17.8 Å². The summed E-state index contributed by atoms with van der Waals surface area (Å²) in [6.45, 7) is 2.18. The average Bonchev–Trinajstić information content (AvgIpc) is 2.62. The van der Waals surface area contributed by atoms with Crippen molar-refractivity contribution >= 4 is 10.9 Å². The third kappa shape index (κ3) is 2.31. The Hall–Kier alpha value is -2.89. The van der Waals surface area contributed by atoms with E-state index in [1.807, 2.05) is 31.2 Å². The molecule has 1 aliphatic rings. The number of fused-ring (bicyclic) bond motifs is 2. The minimum atomic E-state index is -0.504. The van der Waals surface area contributed by atoms with E-state index in [4.69, 9.17) is 9.47 Å². The fourth-order valence-corrected chi connectivity index (χ4v) is 2.87. The van der Waals surface area contributed by atoms with Crippen molar-refractivity contribution in [1.29, 1.82) is 0 Å². The Bertz CT molecular complexity index is 970. The molecule has 3 aromatic rings. The van der Waals surface area contributed by atoms with E-state index in [-0.39, 0.29) is 28.6 Å². The van der Waals surface area contributed by atoms with Gasteiger partial charge in [-0.1, -0.05) is 18.2 Å². The number of nitrogens with zero attached hydrogens (tertiary/aromatic N) is 2. The second-order valence-corrected chi connectivity index (χ2v) is 5.75. The van der Waals surface area contributed by atoms with Gasteiger partial charge in [-0.05, 0) is 31.2 Å². The first-order valence-electron chi connectivity index (χ1n) is 7.69. The van der Waals surface area contributed by atoms with Crippen LogP contribution in [0, 0.1) is 5.82 Å². The molecule has 0 saturated carbocycles. The number of aromatic nitrogens is 2. The lowest BCUT2D eigenvalue weighted by Gasteiger charge is -2.31. The van der Waals surface area contributed by atoms with Crippen LogP contribution in [0.25, 0.3) is 10.9 Å². The Balaban J connectivity index is 1.71. The van der Waals surface area contributed by atoms with E-state index < -0.39 is 5.82 Å². The zero-order valence-corrected chi connectivity index (χ0v) is 13.0. The summed E-state index contributed by atoms with van der Waals surface area (Å²) < 4.78 is 26.9. The Morgan fingerprint density at radius 3 is 2.83 bits per heavy atom. The normalized spacial score (nSPS) is 17.7. The summed E-state index contributed by atoms with van der Waals surface area (Å²) >= 11 is 0. The van der Waals surface area contributed by atoms with Gasteiger partial charge >= 0.3 is 0 Å². The van der Waals surface area contributed by atoms with Crippen molar-refractivity contribution in [2.75, 3.05) is 6.61 Å². The molecule has 4 rings (SSSR count). The smallest absolute Gasteiger partial charge is 0.261 e. The van der Waals surface area contributed by atoms with Gasteiger partial charge in [-0.2, -0.15) is 0 Å². The molecule has 0 spiro atoms. The topological polar surface area (TPSA) is 53.4 Å². The van der Waals surface area contributed by atoms with Crippen molar-refractivity contribution in [3.05, 3.63) is 65.0 Å². The minimum absolute atomic E-state index is 0.0807. The molecule has 24 heavy (non-hydrogen) atoms. The van der Waals surface area contributed by atoms with Crippen molar-refractivity contribution in [2.24, 2.45) is 0 Å². The van der Waals surface area contributed by atoms with Crippen LogP contribution in [0.15, 0.2) is 53.6 Å². The molecule has 0 fully saturated rings. The Kier molecular flexibility index (Phi) is 3.45. The van der Waals surface area contributed by atoms with E-state index in [9.17, 15) is 9.18 Å². The number of benzene rings is 2. The molecule has 5 nitrogen and oxygen atoms in total. The van der Waals surface area contributed by atoms with Crippen molar-refractivity contribution in [2.45, 2.75) is 19.1 Å². The van der Waals surface area contributed by atoms with Crippen molar-refractivity contribution in [3.63, 3.8) is 0 Å². The van der Waals surface area contributed by atoms with Gasteiger partial charge in [0.25, 0.3) is 5.56 Å². The molecule has 0 aliphatic carbocycles. The van der Waals surface area contributed by atoms with Gasteiger partial charge in [-0.3, -0.25) is 9.36 Å². The lowest BCUT2D eigenvalue weighted by molar-refractivity contribution is 0.0559. The van der Waals surface area contributed by atoms with Crippen LogP contribution in [0.3, 0.4) is 0 Å². The largest absolute Gasteiger partial charge is 0.486 e. The summed E-state index contributed by atoms with van der Waals surface area (Å²) in [5, 5.41) is 0.251. The van der Waals surface area contributed by atoms with Gasteiger partial charge < -0.3 is 9.47 Å². The fourth-order valence-electron chi connectivity index (χ4n) is 2.87. The fraction of sp³-hybridized carbons (Fsp3) is 0.222. The first-order chi connectivity index (χ1) is 11.6. The highest BCUT2D eigenvalue weighted by Crippen LogP contribution is 2.33. The quantitative estimate of drug-likeness (QED) is 0.726. The summed E-state index contributed by atoms with van der Waals surface area (Å²) in [4.78, 5) is 16.8. The molecular formula is C18H15FN2O3. The van der Waals surface area contributed by atoms with E-state index >= 15 is 0 Å². The number of halogens is 1. The van der Waals surface area contributed by atoms with E-state index in [1.165, 1.54) is 23.0 Å². The first kappa shape index (κ1) is 14.7. The lowest BCUT2D eigenvalue weighted by Crippen LogP contribution is -2.39. The van der Waals surface area contributed by atoms with Gasteiger partial charge in [0.15, 0.2) is 17.6 Å². The van der Waals surface area contributed by atoms with Crippen LogP contribution in [0.2, 0.25) is 0 Å². The summed E-state index contributed by atoms with van der Waals surface area (Å²) in [7, 11) is 0. The van der Waals surface area contributed by atoms with Crippen LogP contribution in [0.1, 0.15) is 13.0 Å². The van der Waals surface area contributed by atoms with E-state index in [1.54, 1.807) is 6.07 Å². The van der Waals surface area contributed by atoms with Crippen molar-refractivity contribution < 1.29 is 13.9 Å². The molecule has 0 bridgehead atoms. The predicted octanol–water partition coefficient (Wildman–Crippen LogP) is 2.94. The summed E-state index contributed by atoms with van der Waals surface area (Å²) in [5.74, 6) is 0.830. The van der Waals surface area contributed by atoms with Crippen LogP contribution >= 0.6 is 0 Å². The molecule has 2 atom stereocenters. The van der Waals surface area contributed by atoms with Crippen LogP contribution in [0.4, 0.5) is 4.39 Å². The molecular weight excluding hydrogens is 311 g/mol. The minimum Gasteiger partial charge on any atom is -0.486 e. The molecule has 0 saturated heterocycles. The number of para-hydroxylation sites is 3. The molecule has 2 aromatic carbocycles. The van der Waals surface area contributed by atoms with Gasteiger partial charge in [0.1, 0.15) is 17.9 Å². The van der Waals surface area contributed by atoms with Crippen molar-refractivity contribution in [1.82, 2.24) is 9.55 Å². The van der Waals surface area contributed by atoms with E-state index in [0.29, 0.717) is 18.1 Å². The monoisotopic (exact) mass is 326 g/mol. The number of hydrogen-bond acceptors (Lipinski definition) is 4. The van der Waals surface area contributed by atoms with E-state index in [2.05, 4.69) is 4.98 Å². The lowest BCUT2D eigenvalue weighted by atomic mass is 10.1. The number of hydrogen-bond donors (Lipinski definition) is 0. The molecule has 1 aromatic heterocycles. The van der Waals surface area contributed by atoms with Crippen LogP contribution in [-0.2, 0) is 0 Å². The third-order valence-electron chi connectivity index (χ3n) is 4.27. The molecule has 0 amide bonds.